The van der Waals surface area contributed by atoms with Gasteiger partial charge in [-0.15, -0.1) is 0 Å². The van der Waals surface area contributed by atoms with E-state index in [4.69, 9.17) is 0 Å². The lowest BCUT2D eigenvalue weighted by Crippen LogP contribution is -2.68. The molecule has 2 fully saturated rings. The normalized spacial score (nSPS) is 19.0. The van der Waals surface area contributed by atoms with Gasteiger partial charge in [0.15, 0.2) is 0 Å². The van der Waals surface area contributed by atoms with E-state index in [0.717, 1.165) is 37.1 Å². The number of fused-ring (bicyclic) bond motifs is 3. The van der Waals surface area contributed by atoms with Gasteiger partial charge in [0.05, 0.1) is 12.2 Å². The maximum atomic E-state index is 13.9. The molecule has 2 aromatic carbocycles. The Morgan fingerprint density at radius 2 is 1.80 bits per heavy atom. The molecular formula is C26H23BrN4O4. The number of nitrogens with zero attached hydrogens (tertiary/aromatic N) is 4. The lowest BCUT2D eigenvalue weighted by molar-refractivity contribution is -0.149. The van der Waals surface area contributed by atoms with Gasteiger partial charge in [-0.2, -0.15) is 0 Å². The Hall–Kier alpha value is -3.46. The summed E-state index contributed by atoms with van der Waals surface area (Å²) in [7, 11) is 1.44. The van der Waals surface area contributed by atoms with Crippen LogP contribution in [0.3, 0.4) is 0 Å². The predicted octanol–water partition coefficient (Wildman–Crippen LogP) is 3.77. The van der Waals surface area contributed by atoms with Crippen LogP contribution in [0.5, 0.6) is 0 Å². The number of likely N-dealkylation sites (N-methyl/N-ethyl adjacent to an activating group) is 1. The summed E-state index contributed by atoms with van der Waals surface area (Å²) in [6.07, 6.45) is 1.72. The van der Waals surface area contributed by atoms with E-state index in [2.05, 4.69) is 20.9 Å². The number of likely N-dealkylation sites (tertiary alicyclic amines) is 1. The van der Waals surface area contributed by atoms with Crippen molar-refractivity contribution >= 4 is 50.3 Å². The SMILES string of the molecule is CN(C(=O)O)C1(C(=O)N2CC3(C2)C(=O)N(Cc2ncc4ccccc4c2Br)c2ccccc23)CC1. The summed E-state index contributed by atoms with van der Waals surface area (Å²) in [4.78, 5) is 47.7. The van der Waals surface area contributed by atoms with E-state index in [1.54, 1.807) is 9.80 Å². The fraction of sp³-hybridized carbons (Fsp3) is 0.308. The summed E-state index contributed by atoms with van der Waals surface area (Å²) in [6, 6.07) is 15.6. The standard InChI is InChI=1S/C26H23BrN4O4/c1-29(24(34)35)26(10-11-26)23(33)30-14-25(15-30)18-8-4-5-9-20(18)31(22(25)32)13-19-21(27)17-7-3-2-6-16(17)12-28-19/h2-9,12H,10-11,13-15H2,1H3,(H,34,35). The van der Waals surface area contributed by atoms with E-state index in [1.165, 1.54) is 7.05 Å². The molecule has 35 heavy (non-hydrogen) atoms. The van der Waals surface area contributed by atoms with Gasteiger partial charge in [-0.25, -0.2) is 4.79 Å². The van der Waals surface area contributed by atoms with Crippen LogP contribution in [-0.4, -0.2) is 63.5 Å². The van der Waals surface area contributed by atoms with Crippen LogP contribution in [0.25, 0.3) is 10.8 Å². The third-order valence-corrected chi connectivity index (χ3v) is 8.63. The highest BCUT2D eigenvalue weighted by Gasteiger charge is 2.64. The number of pyridine rings is 1. The Labute approximate surface area is 210 Å². The first-order valence-corrected chi connectivity index (χ1v) is 12.3. The number of amides is 3. The van der Waals surface area contributed by atoms with Crippen molar-refractivity contribution in [3.8, 4) is 0 Å². The molecule has 3 heterocycles. The van der Waals surface area contributed by atoms with Crippen LogP contribution in [0.15, 0.2) is 59.2 Å². The van der Waals surface area contributed by atoms with Gasteiger partial charge in [-0.1, -0.05) is 42.5 Å². The molecule has 0 unspecified atom stereocenters. The molecule has 8 nitrogen and oxygen atoms in total. The summed E-state index contributed by atoms with van der Waals surface area (Å²) in [5, 5.41) is 11.5. The zero-order valence-corrected chi connectivity index (χ0v) is 20.7. The lowest BCUT2D eigenvalue weighted by Gasteiger charge is -2.48. The number of hydrogen-bond acceptors (Lipinski definition) is 4. The number of carbonyl (C=O) groups excluding carboxylic acids is 2. The Balaban J connectivity index is 1.29. The summed E-state index contributed by atoms with van der Waals surface area (Å²) in [6.45, 7) is 0.808. The summed E-state index contributed by atoms with van der Waals surface area (Å²) < 4.78 is 0.861. The highest BCUT2D eigenvalue weighted by molar-refractivity contribution is 9.10. The largest absolute Gasteiger partial charge is 0.465 e. The van der Waals surface area contributed by atoms with E-state index in [1.807, 2.05) is 54.7 Å². The zero-order valence-electron chi connectivity index (χ0n) is 19.1. The Kier molecular flexibility index (Phi) is 4.73. The van der Waals surface area contributed by atoms with Crippen LogP contribution in [0.1, 0.15) is 24.1 Å². The second-order valence-corrected chi connectivity index (χ2v) is 10.4. The van der Waals surface area contributed by atoms with Gasteiger partial charge >= 0.3 is 6.09 Å². The number of benzene rings is 2. The molecule has 1 saturated carbocycles. The number of carbonyl (C=O) groups is 3. The van der Waals surface area contributed by atoms with Gasteiger partial charge in [0.25, 0.3) is 0 Å². The van der Waals surface area contributed by atoms with E-state index < -0.39 is 17.0 Å². The van der Waals surface area contributed by atoms with Crippen LogP contribution < -0.4 is 4.90 Å². The predicted molar refractivity (Wildman–Crippen MR) is 133 cm³/mol. The van der Waals surface area contributed by atoms with Gasteiger partial charge in [0.2, 0.25) is 11.8 Å². The second kappa shape index (κ2) is 7.52. The van der Waals surface area contributed by atoms with Crippen LogP contribution in [-0.2, 0) is 21.5 Å². The molecule has 2 aliphatic heterocycles. The van der Waals surface area contributed by atoms with Crippen LogP contribution in [0, 0.1) is 0 Å². The first-order valence-electron chi connectivity index (χ1n) is 11.5. The zero-order chi connectivity index (χ0) is 24.5. The molecule has 3 aliphatic rings. The van der Waals surface area contributed by atoms with Crippen LogP contribution >= 0.6 is 15.9 Å². The fourth-order valence-corrected chi connectivity index (χ4v) is 6.11. The average Bonchev–Trinajstić information content (AvgIpc) is 3.61. The summed E-state index contributed by atoms with van der Waals surface area (Å²) >= 11 is 3.69. The highest BCUT2D eigenvalue weighted by Crippen LogP contribution is 2.51. The maximum Gasteiger partial charge on any atom is 0.407 e. The molecule has 1 saturated heterocycles. The van der Waals surface area contributed by atoms with Crippen molar-refractivity contribution in [2.45, 2.75) is 30.3 Å². The minimum absolute atomic E-state index is 0.0546. The minimum atomic E-state index is -1.12. The summed E-state index contributed by atoms with van der Waals surface area (Å²) in [5.41, 5.74) is 0.690. The first kappa shape index (κ1) is 22.0. The van der Waals surface area contributed by atoms with Gasteiger partial charge in [-0.05, 0) is 45.8 Å². The summed E-state index contributed by atoms with van der Waals surface area (Å²) in [5.74, 6) is -0.267. The molecule has 0 atom stereocenters. The third kappa shape index (κ3) is 3.03. The van der Waals surface area contributed by atoms with Gasteiger partial charge in [0.1, 0.15) is 11.0 Å². The van der Waals surface area contributed by atoms with E-state index >= 15 is 0 Å². The number of halogens is 1. The Bertz CT molecular complexity index is 1410. The quantitative estimate of drug-likeness (QED) is 0.549. The topological polar surface area (TPSA) is 94.1 Å². The second-order valence-electron chi connectivity index (χ2n) is 9.63. The number of aromatic nitrogens is 1. The minimum Gasteiger partial charge on any atom is -0.465 e. The van der Waals surface area contributed by atoms with Crippen molar-refractivity contribution in [3.05, 3.63) is 70.5 Å². The third-order valence-electron chi connectivity index (χ3n) is 7.74. The van der Waals surface area contributed by atoms with Gasteiger partial charge < -0.3 is 14.9 Å². The highest BCUT2D eigenvalue weighted by atomic mass is 79.9. The molecule has 0 bridgehead atoms. The molecule has 0 radical (unpaired) electrons. The Morgan fingerprint density at radius 1 is 1.11 bits per heavy atom. The fourth-order valence-electron chi connectivity index (χ4n) is 5.53. The average molecular weight is 535 g/mol. The molecule has 9 heteroatoms. The van der Waals surface area contributed by atoms with Crippen molar-refractivity contribution in [1.82, 2.24) is 14.8 Å². The molecular weight excluding hydrogens is 512 g/mol. The monoisotopic (exact) mass is 534 g/mol. The number of anilines is 1. The molecule has 1 aliphatic carbocycles. The van der Waals surface area contributed by atoms with Crippen LogP contribution in [0.2, 0.25) is 0 Å². The maximum absolute atomic E-state index is 13.9. The van der Waals surface area contributed by atoms with E-state index in [9.17, 15) is 19.5 Å². The van der Waals surface area contributed by atoms with Crippen molar-refractivity contribution in [1.29, 1.82) is 0 Å². The van der Waals surface area contributed by atoms with Crippen molar-refractivity contribution in [2.24, 2.45) is 0 Å². The van der Waals surface area contributed by atoms with Crippen molar-refractivity contribution in [3.63, 3.8) is 0 Å². The molecule has 1 spiro atoms. The number of carboxylic acid groups (broad SMARTS) is 1. The molecule has 3 aromatic rings. The van der Waals surface area contributed by atoms with Gasteiger partial charge in [0, 0.05) is 41.9 Å². The van der Waals surface area contributed by atoms with E-state index in [0.29, 0.717) is 19.4 Å². The molecule has 1 aromatic heterocycles. The van der Waals surface area contributed by atoms with Crippen molar-refractivity contribution < 1.29 is 19.5 Å². The Morgan fingerprint density at radius 3 is 2.51 bits per heavy atom. The molecule has 6 rings (SSSR count). The number of hydrogen-bond donors (Lipinski definition) is 1. The molecule has 178 valence electrons. The number of para-hydroxylation sites is 1. The smallest absolute Gasteiger partial charge is 0.407 e. The number of rotatable bonds is 4. The molecule has 3 amide bonds. The van der Waals surface area contributed by atoms with Crippen molar-refractivity contribution in [2.75, 3.05) is 25.0 Å². The lowest BCUT2D eigenvalue weighted by atomic mass is 9.74. The van der Waals surface area contributed by atoms with Gasteiger partial charge in [-0.3, -0.25) is 19.5 Å². The van der Waals surface area contributed by atoms with E-state index in [-0.39, 0.29) is 24.9 Å². The molecule has 1 N–H and O–H groups in total. The first-order chi connectivity index (χ1) is 16.8. The van der Waals surface area contributed by atoms with Crippen LogP contribution in [0.4, 0.5) is 10.5 Å².